The molecule has 0 aliphatic carbocycles. The summed E-state index contributed by atoms with van der Waals surface area (Å²) in [5.74, 6) is 0. The predicted molar refractivity (Wildman–Crippen MR) is 51.2 cm³/mol. The van der Waals surface area contributed by atoms with Gasteiger partial charge in [-0.15, -0.1) is 0 Å². The van der Waals surface area contributed by atoms with Crippen LogP contribution < -0.4 is 74.6 Å². The normalized spacial score (nSPS) is 21.1. The van der Waals surface area contributed by atoms with E-state index in [0.29, 0.717) is 0 Å². The van der Waals surface area contributed by atoms with Crippen LogP contribution in [-0.2, 0) is 9.13 Å². The van der Waals surface area contributed by atoms with E-state index in [9.17, 15) is 18.9 Å². The Morgan fingerprint density at radius 1 is 1.11 bits per heavy atom. The molecule has 0 aromatic carbocycles. The van der Waals surface area contributed by atoms with Crippen LogP contribution in [0, 0.1) is 0 Å². The summed E-state index contributed by atoms with van der Waals surface area (Å²) in [5.41, 5.74) is 4.76. The van der Waals surface area contributed by atoms with Crippen molar-refractivity contribution in [2.24, 2.45) is 5.73 Å². The summed E-state index contributed by atoms with van der Waals surface area (Å²) < 4.78 is 21.0. The first-order valence-electron chi connectivity index (χ1n) is 3.15. The summed E-state index contributed by atoms with van der Waals surface area (Å²) in [6, 6.07) is -2.27. The average molecular weight is 341 g/mol. The SMILES string of the molecule is N[C@@H](CO)C(O)(P(=O)([O-])O)P(=O)([O-])O.[Na+].[Na+].[Na].[Na]. The van der Waals surface area contributed by atoms with Crippen molar-refractivity contribution in [3.8, 4) is 0 Å². The molecule has 0 spiro atoms. The third-order valence-electron chi connectivity index (χ3n) is 1.53. The van der Waals surface area contributed by atoms with Gasteiger partial charge in [0.1, 0.15) is 0 Å². The van der Waals surface area contributed by atoms with Crippen molar-refractivity contribution in [2.45, 2.75) is 11.1 Å². The van der Waals surface area contributed by atoms with Crippen molar-refractivity contribution < 1.29 is 98.0 Å². The maximum atomic E-state index is 10.5. The fourth-order valence-corrected chi connectivity index (χ4v) is 2.98. The molecule has 18 heavy (non-hydrogen) atoms. The van der Waals surface area contributed by atoms with Gasteiger partial charge in [0.15, 0.2) is 15.2 Å². The molecule has 0 fully saturated rings. The molecule has 0 bridgehead atoms. The standard InChI is InChI=1S/C3H11NO8P2.4Na/c4-2(1-5)3(6,13(7,8)9)14(10,11)12;;;;/h2,5-6H,1,4H2,(H2,7,8,9)(H2,10,11,12);;;;/q;;;2*+1/p-2/t2-;;;;/m0..../s1. The summed E-state index contributed by atoms with van der Waals surface area (Å²) >= 11 is 0. The number of aliphatic hydroxyl groups excluding tert-OH is 1. The van der Waals surface area contributed by atoms with E-state index in [-0.39, 0.29) is 118 Å². The molecule has 0 saturated carbocycles. The fraction of sp³-hybridized carbons (Fsp3) is 1.00. The van der Waals surface area contributed by atoms with Crippen molar-refractivity contribution >= 4 is 74.3 Å². The smallest absolute Gasteiger partial charge is 0.776 e. The maximum absolute atomic E-state index is 10.5. The number of rotatable bonds is 4. The number of aliphatic hydroxyl groups is 2. The molecule has 0 saturated heterocycles. The van der Waals surface area contributed by atoms with Gasteiger partial charge in [-0.1, -0.05) is 0 Å². The van der Waals surface area contributed by atoms with Gasteiger partial charge in [0.05, 0.1) is 12.6 Å². The van der Waals surface area contributed by atoms with Gasteiger partial charge in [-0.2, -0.15) is 0 Å². The van der Waals surface area contributed by atoms with Gasteiger partial charge in [-0.05, 0) is 0 Å². The minimum atomic E-state index is -5.89. The van der Waals surface area contributed by atoms with Gasteiger partial charge in [0.25, 0.3) is 0 Å². The summed E-state index contributed by atoms with van der Waals surface area (Å²) in [7, 11) is -11.8. The van der Waals surface area contributed by atoms with Gasteiger partial charge >= 0.3 is 59.1 Å². The largest absolute Gasteiger partial charge is 1.00 e. The second-order valence-electron chi connectivity index (χ2n) is 2.52. The number of nitrogens with two attached hydrogens (primary N) is 1. The van der Waals surface area contributed by atoms with Gasteiger partial charge in [0, 0.05) is 59.1 Å². The predicted octanol–water partition coefficient (Wildman–Crippen LogP) is -10.7. The molecule has 88 valence electrons. The zero-order chi connectivity index (χ0) is 11.8. The van der Waals surface area contributed by atoms with E-state index in [2.05, 4.69) is 0 Å². The quantitative estimate of drug-likeness (QED) is 0.244. The molecule has 0 amide bonds. The minimum absolute atomic E-state index is 0. The number of hydrogen-bond donors (Lipinski definition) is 5. The van der Waals surface area contributed by atoms with E-state index < -0.39 is 32.9 Å². The Bertz CT molecular complexity index is 283. The first kappa shape index (κ1) is 33.7. The zero-order valence-electron chi connectivity index (χ0n) is 10.7. The molecule has 0 rings (SSSR count). The van der Waals surface area contributed by atoms with Crippen molar-refractivity contribution in [1.29, 1.82) is 0 Å². The molecular formula is C3H9NNa4O8P2. The minimum Gasteiger partial charge on any atom is -0.776 e. The van der Waals surface area contributed by atoms with Crippen molar-refractivity contribution in [3.63, 3.8) is 0 Å². The second kappa shape index (κ2) is 12.6. The zero-order valence-corrected chi connectivity index (χ0v) is 20.5. The molecule has 9 nitrogen and oxygen atoms in total. The molecule has 0 aliphatic heterocycles. The van der Waals surface area contributed by atoms with E-state index in [0.717, 1.165) is 0 Å². The maximum Gasteiger partial charge on any atom is 1.00 e. The summed E-state index contributed by atoms with van der Waals surface area (Å²) in [6.45, 7) is -1.27. The van der Waals surface area contributed by atoms with E-state index in [1.165, 1.54) is 0 Å². The Labute approximate surface area is 192 Å². The Hall–Kier alpha value is 4.18. The van der Waals surface area contributed by atoms with E-state index in [1.807, 2.05) is 0 Å². The molecule has 2 radical (unpaired) electrons. The van der Waals surface area contributed by atoms with Gasteiger partial charge in [-0.3, -0.25) is 0 Å². The van der Waals surface area contributed by atoms with Crippen LogP contribution in [0.15, 0.2) is 0 Å². The summed E-state index contributed by atoms with van der Waals surface area (Å²) in [4.78, 5) is 37.8. The number of hydrogen-bond acceptors (Lipinski definition) is 7. The van der Waals surface area contributed by atoms with Crippen LogP contribution >= 0.6 is 15.2 Å². The molecule has 6 N–H and O–H groups in total. The first-order valence-corrected chi connectivity index (χ1v) is 6.30. The van der Waals surface area contributed by atoms with E-state index in [1.54, 1.807) is 0 Å². The molecule has 0 aromatic rings. The van der Waals surface area contributed by atoms with Crippen LogP contribution in [0.2, 0.25) is 0 Å². The molecule has 0 aromatic heterocycles. The molecule has 3 atom stereocenters. The topological polar surface area (TPSA) is 187 Å². The first-order chi connectivity index (χ1) is 5.98. The molecule has 15 heteroatoms. The van der Waals surface area contributed by atoms with Crippen LogP contribution in [0.5, 0.6) is 0 Å². The van der Waals surface area contributed by atoms with E-state index in [4.69, 9.17) is 25.7 Å². The Kier molecular flexibility index (Phi) is 23.6. The molecule has 0 heterocycles. The summed E-state index contributed by atoms with van der Waals surface area (Å²) in [6.07, 6.45) is 0. The van der Waals surface area contributed by atoms with Crippen LogP contribution in [0.3, 0.4) is 0 Å². The molecular weight excluding hydrogens is 332 g/mol. The van der Waals surface area contributed by atoms with Crippen LogP contribution in [0.4, 0.5) is 0 Å². The summed E-state index contributed by atoms with van der Waals surface area (Å²) in [5, 5.41) is 13.4. The molecule has 2 unspecified atom stereocenters. The fourth-order valence-electron chi connectivity index (χ4n) is 0.701. The van der Waals surface area contributed by atoms with Crippen molar-refractivity contribution in [3.05, 3.63) is 0 Å². The Balaban J connectivity index is -0.000000141. The van der Waals surface area contributed by atoms with Crippen LogP contribution in [-0.4, -0.2) is 96.8 Å². The van der Waals surface area contributed by atoms with E-state index >= 15 is 0 Å². The van der Waals surface area contributed by atoms with Gasteiger partial charge in [0.2, 0.25) is 5.08 Å². The van der Waals surface area contributed by atoms with Gasteiger partial charge < -0.3 is 44.7 Å². The Morgan fingerprint density at radius 3 is 1.39 bits per heavy atom. The van der Waals surface area contributed by atoms with Crippen molar-refractivity contribution in [2.75, 3.05) is 6.61 Å². The molecule has 0 aliphatic rings. The monoisotopic (exact) mass is 341 g/mol. The average Bonchev–Trinajstić information content (AvgIpc) is 1.97. The van der Waals surface area contributed by atoms with Crippen LogP contribution in [0.1, 0.15) is 0 Å². The van der Waals surface area contributed by atoms with Crippen molar-refractivity contribution in [1.82, 2.24) is 0 Å². The second-order valence-corrected chi connectivity index (χ2v) is 6.32. The van der Waals surface area contributed by atoms with Crippen LogP contribution in [0.25, 0.3) is 0 Å². The third kappa shape index (κ3) is 8.15. The van der Waals surface area contributed by atoms with Gasteiger partial charge in [-0.25, -0.2) is 0 Å². The Morgan fingerprint density at radius 2 is 1.33 bits per heavy atom. The third-order valence-corrected chi connectivity index (χ3v) is 5.37.